The Labute approximate surface area is 226 Å². The summed E-state index contributed by atoms with van der Waals surface area (Å²) in [6, 6.07) is 14.7. The van der Waals surface area contributed by atoms with Crippen molar-refractivity contribution in [3.8, 4) is 17.0 Å². The number of primary amides is 1. The average molecular weight is 553 g/mol. The zero-order chi connectivity index (χ0) is 28.6. The molecule has 0 radical (unpaired) electrons. The Hall–Kier alpha value is -4.54. The molecule has 0 saturated carbocycles. The molecular weight excluding hydrogens is 528 g/mol. The number of nitrogens with zero attached hydrogens (tertiary/aromatic N) is 2. The van der Waals surface area contributed by atoms with Crippen LogP contribution in [0.4, 0.5) is 17.6 Å². The Morgan fingerprint density at radius 2 is 1.82 bits per heavy atom. The van der Waals surface area contributed by atoms with Crippen LogP contribution in [0.3, 0.4) is 0 Å². The van der Waals surface area contributed by atoms with Crippen molar-refractivity contribution in [2.75, 3.05) is 13.2 Å². The normalized spacial score (nSPS) is 15.4. The van der Waals surface area contributed by atoms with Gasteiger partial charge in [-0.25, -0.2) is 9.37 Å². The number of aryl methyl sites for hydroxylation is 1. The number of fused-ring (bicyclic) bond motifs is 2. The van der Waals surface area contributed by atoms with Gasteiger partial charge in [0.1, 0.15) is 23.2 Å². The molecule has 1 aliphatic heterocycles. The molecule has 2 amide bonds. The second kappa shape index (κ2) is 10.6. The van der Waals surface area contributed by atoms with Gasteiger partial charge < -0.3 is 15.8 Å². The highest BCUT2D eigenvalue weighted by molar-refractivity contribution is 6.06. The standard InChI is InChI=1S/C29H24F4N4O3/c1-15-10-21(19-4-2-3-5-23(19)36-15)28(39)35-13-22(29(31,32)33)24-12-20-17(11-25(34)38)14-40-27(20)26(37-24)16-6-8-18(30)9-7-16/h2-10,12,17,22H,11,13-14H2,1H3,(H2,34,38)(H,35,39)/t17-,22?/m1/s1. The minimum atomic E-state index is -4.79. The van der Waals surface area contributed by atoms with Gasteiger partial charge in [0, 0.05) is 41.1 Å². The second-order valence-corrected chi connectivity index (χ2v) is 9.63. The molecule has 7 nitrogen and oxygen atoms in total. The van der Waals surface area contributed by atoms with Crippen molar-refractivity contribution < 1.29 is 31.9 Å². The number of nitrogens with one attached hydrogen (secondary N) is 1. The molecular formula is C29H24F4N4O3. The molecule has 2 aromatic heterocycles. The number of hydrogen-bond donors (Lipinski definition) is 2. The van der Waals surface area contributed by atoms with Crippen LogP contribution in [0.1, 0.15) is 45.6 Å². The first kappa shape index (κ1) is 27.0. The number of amides is 2. The molecule has 4 aromatic rings. The molecule has 11 heteroatoms. The van der Waals surface area contributed by atoms with Gasteiger partial charge >= 0.3 is 6.18 Å². The van der Waals surface area contributed by atoms with Crippen LogP contribution >= 0.6 is 0 Å². The highest BCUT2D eigenvalue weighted by atomic mass is 19.4. The van der Waals surface area contributed by atoms with Crippen molar-refractivity contribution in [2.45, 2.75) is 31.4 Å². The van der Waals surface area contributed by atoms with Gasteiger partial charge in [0.2, 0.25) is 5.91 Å². The van der Waals surface area contributed by atoms with Gasteiger partial charge in [0.25, 0.3) is 5.91 Å². The van der Waals surface area contributed by atoms with Crippen molar-refractivity contribution in [2.24, 2.45) is 5.73 Å². The molecule has 0 bridgehead atoms. The number of carbonyl (C=O) groups excluding carboxylic acids is 2. The Morgan fingerprint density at radius 1 is 1.10 bits per heavy atom. The lowest BCUT2D eigenvalue weighted by Crippen LogP contribution is -2.35. The second-order valence-electron chi connectivity index (χ2n) is 9.63. The first-order chi connectivity index (χ1) is 19.0. The number of alkyl halides is 3. The molecule has 1 aliphatic rings. The maximum atomic E-state index is 14.5. The number of aromatic nitrogens is 2. The predicted molar refractivity (Wildman–Crippen MR) is 139 cm³/mol. The van der Waals surface area contributed by atoms with Gasteiger partial charge in [0.05, 0.1) is 23.4 Å². The summed E-state index contributed by atoms with van der Waals surface area (Å²) in [5.41, 5.74) is 7.04. The van der Waals surface area contributed by atoms with E-state index in [1.807, 2.05) is 0 Å². The molecule has 3 N–H and O–H groups in total. The van der Waals surface area contributed by atoms with Crippen molar-refractivity contribution in [1.82, 2.24) is 15.3 Å². The zero-order valence-electron chi connectivity index (χ0n) is 21.3. The van der Waals surface area contributed by atoms with Crippen LogP contribution in [0.15, 0.2) is 60.7 Å². The summed E-state index contributed by atoms with van der Waals surface area (Å²) in [6.45, 7) is 0.922. The number of ether oxygens (including phenoxy) is 1. The Kier molecular flexibility index (Phi) is 7.14. The molecule has 206 valence electrons. The topological polar surface area (TPSA) is 107 Å². The van der Waals surface area contributed by atoms with E-state index in [1.54, 1.807) is 31.2 Å². The number of halogens is 4. The molecule has 3 heterocycles. The number of para-hydroxylation sites is 1. The quantitative estimate of drug-likeness (QED) is 0.308. The molecule has 5 rings (SSSR count). The summed E-state index contributed by atoms with van der Waals surface area (Å²) >= 11 is 0. The summed E-state index contributed by atoms with van der Waals surface area (Å²) < 4.78 is 62.7. The molecule has 1 unspecified atom stereocenters. The van der Waals surface area contributed by atoms with Crippen LogP contribution in [0.25, 0.3) is 22.2 Å². The number of hydrogen-bond acceptors (Lipinski definition) is 5. The number of rotatable bonds is 7. The molecule has 40 heavy (non-hydrogen) atoms. The predicted octanol–water partition coefficient (Wildman–Crippen LogP) is 5.17. The summed E-state index contributed by atoms with van der Waals surface area (Å²) in [5, 5.41) is 2.93. The zero-order valence-corrected chi connectivity index (χ0v) is 21.3. The van der Waals surface area contributed by atoms with E-state index in [9.17, 15) is 27.2 Å². The van der Waals surface area contributed by atoms with Crippen LogP contribution in [0, 0.1) is 12.7 Å². The molecule has 0 spiro atoms. The van der Waals surface area contributed by atoms with Crippen LogP contribution in [0.5, 0.6) is 5.75 Å². The fraction of sp³-hybridized carbons (Fsp3) is 0.241. The SMILES string of the molecule is Cc1cc(C(=O)NCC(c2cc3c(c(-c4ccc(F)cc4)n2)OC[C@H]3CC(N)=O)C(F)(F)F)c2ccccc2n1. The Morgan fingerprint density at radius 3 is 2.52 bits per heavy atom. The highest BCUT2D eigenvalue weighted by Gasteiger charge is 2.43. The minimum Gasteiger partial charge on any atom is -0.490 e. The first-order valence-corrected chi connectivity index (χ1v) is 12.4. The average Bonchev–Trinajstić information content (AvgIpc) is 3.29. The highest BCUT2D eigenvalue weighted by Crippen LogP contribution is 2.45. The molecule has 2 atom stereocenters. The van der Waals surface area contributed by atoms with Crippen LogP contribution < -0.4 is 15.8 Å². The Bertz CT molecular complexity index is 1610. The van der Waals surface area contributed by atoms with Crippen molar-refractivity contribution in [1.29, 1.82) is 0 Å². The van der Waals surface area contributed by atoms with Gasteiger partial charge in [-0.3, -0.25) is 14.6 Å². The Balaban J connectivity index is 1.54. The van der Waals surface area contributed by atoms with E-state index < -0.39 is 42.2 Å². The maximum absolute atomic E-state index is 14.5. The van der Waals surface area contributed by atoms with E-state index in [1.165, 1.54) is 24.3 Å². The summed E-state index contributed by atoms with van der Waals surface area (Å²) in [5.74, 6) is -4.41. The lowest BCUT2D eigenvalue weighted by atomic mass is 9.92. The van der Waals surface area contributed by atoms with E-state index >= 15 is 0 Å². The maximum Gasteiger partial charge on any atom is 0.398 e. The third kappa shape index (κ3) is 5.45. The largest absolute Gasteiger partial charge is 0.490 e. The van der Waals surface area contributed by atoms with Crippen molar-refractivity contribution in [3.05, 3.63) is 89.0 Å². The van der Waals surface area contributed by atoms with Crippen LogP contribution in [0.2, 0.25) is 0 Å². The van der Waals surface area contributed by atoms with E-state index in [4.69, 9.17) is 10.5 Å². The lowest BCUT2D eigenvalue weighted by Gasteiger charge is -2.22. The first-order valence-electron chi connectivity index (χ1n) is 12.4. The molecule has 0 saturated heterocycles. The molecule has 0 aliphatic carbocycles. The monoisotopic (exact) mass is 552 g/mol. The van der Waals surface area contributed by atoms with Gasteiger partial charge in [-0.1, -0.05) is 18.2 Å². The molecule has 0 fully saturated rings. The third-order valence-electron chi connectivity index (χ3n) is 6.76. The number of nitrogens with two attached hydrogens (primary N) is 1. The third-order valence-corrected chi connectivity index (χ3v) is 6.76. The van der Waals surface area contributed by atoms with Crippen LogP contribution in [-0.4, -0.2) is 41.1 Å². The summed E-state index contributed by atoms with van der Waals surface area (Å²) in [6.07, 6.45) is -4.93. The lowest BCUT2D eigenvalue weighted by molar-refractivity contribution is -0.149. The fourth-order valence-corrected chi connectivity index (χ4v) is 4.87. The van der Waals surface area contributed by atoms with Gasteiger partial charge in [-0.2, -0.15) is 13.2 Å². The summed E-state index contributed by atoms with van der Waals surface area (Å²) in [7, 11) is 0. The van der Waals surface area contributed by atoms with Crippen molar-refractivity contribution >= 4 is 22.7 Å². The van der Waals surface area contributed by atoms with E-state index in [0.717, 1.165) is 12.1 Å². The van der Waals surface area contributed by atoms with Crippen molar-refractivity contribution in [3.63, 3.8) is 0 Å². The van der Waals surface area contributed by atoms with Crippen LogP contribution in [-0.2, 0) is 4.79 Å². The van der Waals surface area contributed by atoms with E-state index in [0.29, 0.717) is 27.7 Å². The van der Waals surface area contributed by atoms with E-state index in [2.05, 4.69) is 15.3 Å². The molecule has 2 aromatic carbocycles. The van der Waals surface area contributed by atoms with Gasteiger partial charge in [-0.05, 0) is 49.4 Å². The minimum absolute atomic E-state index is 0.0273. The number of benzene rings is 2. The van der Waals surface area contributed by atoms with Gasteiger partial charge in [-0.15, -0.1) is 0 Å². The summed E-state index contributed by atoms with van der Waals surface area (Å²) in [4.78, 5) is 33.4. The van der Waals surface area contributed by atoms with Gasteiger partial charge in [0.15, 0.2) is 0 Å². The van der Waals surface area contributed by atoms with E-state index in [-0.39, 0.29) is 35.7 Å². The number of pyridine rings is 2. The fourth-order valence-electron chi connectivity index (χ4n) is 4.87. The smallest absolute Gasteiger partial charge is 0.398 e. The number of carbonyl (C=O) groups is 2.